The van der Waals surface area contributed by atoms with Gasteiger partial charge in [0.1, 0.15) is 11.5 Å². The van der Waals surface area contributed by atoms with Gasteiger partial charge in [0.25, 0.3) is 0 Å². The van der Waals surface area contributed by atoms with Crippen LogP contribution in [0.4, 0.5) is 0 Å². The van der Waals surface area contributed by atoms with Crippen molar-refractivity contribution in [1.82, 2.24) is 10.6 Å². The predicted octanol–water partition coefficient (Wildman–Crippen LogP) is 5.51. The molecule has 1 aliphatic rings. The third-order valence-corrected chi connectivity index (χ3v) is 5.89. The lowest BCUT2D eigenvalue weighted by molar-refractivity contribution is 0.0734. The first-order chi connectivity index (χ1) is 16.6. The predicted molar refractivity (Wildman–Crippen MR) is 136 cm³/mol. The SMILES string of the molecule is C=C1CNC(CCCCOc2ccc(C(=O)Oc3ccc(-c4ccc(C)cc4)cc3)cc2)NC1. The van der Waals surface area contributed by atoms with Gasteiger partial charge < -0.3 is 9.47 Å². The molecule has 0 radical (unpaired) electrons. The van der Waals surface area contributed by atoms with Crippen molar-refractivity contribution in [2.45, 2.75) is 32.4 Å². The molecule has 1 saturated heterocycles. The number of benzene rings is 3. The van der Waals surface area contributed by atoms with Crippen LogP contribution in [-0.2, 0) is 0 Å². The van der Waals surface area contributed by atoms with E-state index in [2.05, 4.69) is 48.4 Å². The minimum Gasteiger partial charge on any atom is -0.494 e. The van der Waals surface area contributed by atoms with E-state index in [4.69, 9.17) is 9.47 Å². The summed E-state index contributed by atoms with van der Waals surface area (Å²) < 4.78 is 11.4. The second-order valence-electron chi connectivity index (χ2n) is 8.71. The van der Waals surface area contributed by atoms with Gasteiger partial charge in [-0.25, -0.2) is 4.79 Å². The Labute approximate surface area is 201 Å². The number of hydrogen-bond acceptors (Lipinski definition) is 5. The van der Waals surface area contributed by atoms with Crippen LogP contribution >= 0.6 is 0 Å². The van der Waals surface area contributed by atoms with Crippen molar-refractivity contribution in [2.24, 2.45) is 0 Å². The van der Waals surface area contributed by atoms with E-state index < -0.39 is 0 Å². The maximum atomic E-state index is 12.5. The maximum absolute atomic E-state index is 12.5. The number of aryl methyl sites for hydroxylation is 1. The highest BCUT2D eigenvalue weighted by atomic mass is 16.5. The summed E-state index contributed by atoms with van der Waals surface area (Å²) in [4.78, 5) is 12.5. The summed E-state index contributed by atoms with van der Waals surface area (Å²) in [5.41, 5.74) is 5.13. The highest BCUT2D eigenvalue weighted by molar-refractivity contribution is 5.91. The van der Waals surface area contributed by atoms with Crippen molar-refractivity contribution in [2.75, 3.05) is 19.7 Å². The Balaban J connectivity index is 1.20. The molecule has 0 aromatic heterocycles. The van der Waals surface area contributed by atoms with Crippen LogP contribution < -0.4 is 20.1 Å². The van der Waals surface area contributed by atoms with Crippen LogP contribution in [0, 0.1) is 6.92 Å². The Kier molecular flexibility index (Phi) is 8.12. The molecular formula is C29H32N2O3. The molecule has 4 rings (SSSR count). The van der Waals surface area contributed by atoms with Crippen molar-refractivity contribution < 1.29 is 14.3 Å². The number of carbonyl (C=O) groups is 1. The molecular weight excluding hydrogens is 424 g/mol. The molecule has 0 saturated carbocycles. The topological polar surface area (TPSA) is 59.6 Å². The molecule has 5 nitrogen and oxygen atoms in total. The Morgan fingerprint density at radius 3 is 2.09 bits per heavy atom. The summed E-state index contributed by atoms with van der Waals surface area (Å²) in [5, 5.41) is 6.86. The number of rotatable bonds is 9. The van der Waals surface area contributed by atoms with E-state index in [0.717, 1.165) is 49.2 Å². The molecule has 3 aromatic rings. The molecule has 34 heavy (non-hydrogen) atoms. The summed E-state index contributed by atoms with van der Waals surface area (Å²) in [5.74, 6) is 0.890. The third-order valence-electron chi connectivity index (χ3n) is 5.89. The minimum atomic E-state index is -0.384. The standard InChI is InChI=1S/C29H32N2O3/c1-21-6-8-23(9-7-21)24-10-16-27(17-11-24)34-29(32)25-12-14-26(15-13-25)33-18-4-3-5-28-30-19-22(2)20-31-28/h6-17,28,30-31H,2-5,18-20H2,1H3. The van der Waals surface area contributed by atoms with Crippen LogP contribution in [0.1, 0.15) is 35.2 Å². The van der Waals surface area contributed by atoms with Crippen LogP contribution in [0.2, 0.25) is 0 Å². The fourth-order valence-corrected chi connectivity index (χ4v) is 3.83. The van der Waals surface area contributed by atoms with Crippen molar-refractivity contribution in [3.8, 4) is 22.6 Å². The van der Waals surface area contributed by atoms with E-state index in [-0.39, 0.29) is 5.97 Å². The number of nitrogens with one attached hydrogen (secondary N) is 2. The first-order valence-corrected chi connectivity index (χ1v) is 11.8. The van der Waals surface area contributed by atoms with Crippen LogP contribution in [-0.4, -0.2) is 31.8 Å². The van der Waals surface area contributed by atoms with Crippen molar-refractivity contribution in [3.63, 3.8) is 0 Å². The Bertz CT molecular complexity index is 1080. The zero-order valence-corrected chi connectivity index (χ0v) is 19.7. The van der Waals surface area contributed by atoms with Crippen LogP contribution in [0.25, 0.3) is 11.1 Å². The zero-order valence-electron chi connectivity index (χ0n) is 19.7. The molecule has 0 bridgehead atoms. The fraction of sp³-hybridized carbons (Fsp3) is 0.276. The van der Waals surface area contributed by atoms with E-state index in [9.17, 15) is 4.79 Å². The second kappa shape index (κ2) is 11.6. The highest BCUT2D eigenvalue weighted by Gasteiger charge is 2.13. The molecule has 2 N–H and O–H groups in total. The van der Waals surface area contributed by atoms with E-state index in [1.165, 1.54) is 11.1 Å². The average molecular weight is 457 g/mol. The largest absolute Gasteiger partial charge is 0.494 e. The average Bonchev–Trinajstić information content (AvgIpc) is 2.86. The van der Waals surface area contributed by atoms with E-state index in [1.807, 2.05) is 36.4 Å². The van der Waals surface area contributed by atoms with E-state index in [1.54, 1.807) is 12.1 Å². The molecule has 176 valence electrons. The highest BCUT2D eigenvalue weighted by Crippen LogP contribution is 2.23. The number of ether oxygens (including phenoxy) is 2. The van der Waals surface area contributed by atoms with Gasteiger partial charge in [-0.05, 0) is 79.3 Å². The summed E-state index contributed by atoms with van der Waals surface area (Å²) in [6.45, 7) is 8.47. The number of unbranched alkanes of at least 4 members (excludes halogenated alkanes) is 1. The normalized spacial score (nSPS) is 14.1. The quantitative estimate of drug-likeness (QED) is 0.193. The molecule has 1 aliphatic heterocycles. The second-order valence-corrected chi connectivity index (χ2v) is 8.71. The Morgan fingerprint density at radius 1 is 0.853 bits per heavy atom. The molecule has 0 unspecified atom stereocenters. The van der Waals surface area contributed by atoms with Gasteiger partial charge in [-0.2, -0.15) is 0 Å². The van der Waals surface area contributed by atoms with E-state index >= 15 is 0 Å². The van der Waals surface area contributed by atoms with E-state index in [0.29, 0.717) is 24.1 Å². The van der Waals surface area contributed by atoms with Gasteiger partial charge >= 0.3 is 5.97 Å². The van der Waals surface area contributed by atoms with Gasteiger partial charge in [-0.15, -0.1) is 0 Å². The number of hydrogen-bond donors (Lipinski definition) is 2. The number of esters is 1. The van der Waals surface area contributed by atoms with Gasteiger partial charge in [-0.1, -0.05) is 48.5 Å². The molecule has 3 aromatic carbocycles. The van der Waals surface area contributed by atoms with Gasteiger partial charge in [0, 0.05) is 13.1 Å². The first-order valence-electron chi connectivity index (χ1n) is 11.8. The van der Waals surface area contributed by atoms with Gasteiger partial charge in [0.15, 0.2) is 0 Å². The lowest BCUT2D eigenvalue weighted by atomic mass is 10.0. The van der Waals surface area contributed by atoms with Gasteiger partial charge in [-0.3, -0.25) is 10.6 Å². The minimum absolute atomic E-state index is 0.356. The van der Waals surface area contributed by atoms with Crippen LogP contribution in [0.3, 0.4) is 0 Å². The van der Waals surface area contributed by atoms with Crippen molar-refractivity contribution in [1.29, 1.82) is 0 Å². The monoisotopic (exact) mass is 456 g/mol. The zero-order chi connectivity index (χ0) is 23.8. The third kappa shape index (κ3) is 6.80. The Morgan fingerprint density at radius 2 is 1.44 bits per heavy atom. The summed E-state index contributed by atoms with van der Waals surface area (Å²) in [6, 6.07) is 23.0. The lowest BCUT2D eigenvalue weighted by Crippen LogP contribution is -2.49. The summed E-state index contributed by atoms with van der Waals surface area (Å²) >= 11 is 0. The molecule has 0 atom stereocenters. The van der Waals surface area contributed by atoms with Gasteiger partial charge in [0.05, 0.1) is 18.3 Å². The molecule has 0 spiro atoms. The lowest BCUT2D eigenvalue weighted by Gasteiger charge is -2.26. The Hall–Kier alpha value is -3.41. The van der Waals surface area contributed by atoms with Crippen molar-refractivity contribution >= 4 is 5.97 Å². The molecule has 5 heteroatoms. The molecule has 0 aliphatic carbocycles. The summed E-state index contributed by atoms with van der Waals surface area (Å²) in [7, 11) is 0. The van der Waals surface area contributed by atoms with Crippen LogP contribution in [0.5, 0.6) is 11.5 Å². The number of carbonyl (C=O) groups excluding carboxylic acids is 1. The maximum Gasteiger partial charge on any atom is 0.343 e. The molecule has 1 heterocycles. The van der Waals surface area contributed by atoms with Crippen LogP contribution in [0.15, 0.2) is 84.9 Å². The van der Waals surface area contributed by atoms with Crippen molar-refractivity contribution in [3.05, 3.63) is 96.1 Å². The fourth-order valence-electron chi connectivity index (χ4n) is 3.83. The molecule has 1 fully saturated rings. The molecule has 0 amide bonds. The smallest absolute Gasteiger partial charge is 0.343 e. The summed E-state index contributed by atoms with van der Waals surface area (Å²) in [6.07, 6.45) is 3.47. The first kappa shape index (κ1) is 23.7. The van der Waals surface area contributed by atoms with Gasteiger partial charge in [0.2, 0.25) is 0 Å².